The van der Waals surface area contributed by atoms with Gasteiger partial charge in [0.25, 0.3) is 0 Å². The van der Waals surface area contributed by atoms with E-state index in [-0.39, 0.29) is 11.1 Å². The quantitative estimate of drug-likeness (QED) is 0.490. The first-order valence-electron chi connectivity index (χ1n) is 10.6. The van der Waals surface area contributed by atoms with Gasteiger partial charge in [-0.3, -0.25) is 10.1 Å². The number of aryl methyl sites for hydroxylation is 1. The van der Waals surface area contributed by atoms with E-state index >= 15 is 0 Å². The Morgan fingerprint density at radius 1 is 1.15 bits per heavy atom. The van der Waals surface area contributed by atoms with Gasteiger partial charge in [-0.1, -0.05) is 0 Å². The van der Waals surface area contributed by atoms with Gasteiger partial charge in [0, 0.05) is 42.3 Å². The lowest BCUT2D eigenvalue weighted by Gasteiger charge is -2.34. The lowest BCUT2D eigenvalue weighted by atomic mass is 9.98. The van der Waals surface area contributed by atoms with Crippen LogP contribution in [0.4, 0.5) is 5.82 Å². The number of H-pyrrole nitrogens is 1. The fraction of sp³-hybridized carbons (Fsp3) is 0.304. The molecule has 5 rings (SSSR count). The van der Waals surface area contributed by atoms with Gasteiger partial charge in [0.15, 0.2) is 14.9 Å². The third kappa shape index (κ3) is 3.96. The Balaban J connectivity index is 1.78. The van der Waals surface area contributed by atoms with Crippen LogP contribution in [-0.4, -0.2) is 65.6 Å². The number of hydrogen-bond acceptors (Lipinski definition) is 8. The first-order chi connectivity index (χ1) is 15.8. The molecule has 1 atom stereocenters. The molecule has 0 amide bonds. The van der Waals surface area contributed by atoms with E-state index in [1.807, 2.05) is 25.1 Å². The molecule has 1 fully saturated rings. The highest BCUT2D eigenvalue weighted by molar-refractivity contribution is 7.90. The Morgan fingerprint density at radius 3 is 2.70 bits per heavy atom. The van der Waals surface area contributed by atoms with Gasteiger partial charge in [0.1, 0.15) is 17.0 Å². The molecule has 0 aromatic carbocycles. The van der Waals surface area contributed by atoms with Gasteiger partial charge in [0.05, 0.1) is 24.9 Å². The average molecular weight is 465 g/mol. The predicted molar refractivity (Wildman–Crippen MR) is 126 cm³/mol. The molecular formula is C23H24N6O3S. The fourth-order valence-corrected chi connectivity index (χ4v) is 4.81. The lowest BCUT2D eigenvalue weighted by Crippen LogP contribution is -2.44. The highest BCUT2D eigenvalue weighted by atomic mass is 32.2. The van der Waals surface area contributed by atoms with Gasteiger partial charge >= 0.3 is 0 Å². The van der Waals surface area contributed by atoms with Crippen molar-refractivity contribution in [3.8, 4) is 22.5 Å². The number of aromatic amines is 1. The standard InChI is InChI=1S/C23H24N6O3S/c1-14-10-21(33(3,30)31)25-12-18(14)17-11-20(29-8-9-32-13-15(29)2)27-22-16(17)4-6-24-23(22)19-5-7-26-28-19/h4-7,10-12,15H,8-9,13H2,1-3H3,(H,26,28)/t15-/m1/s1. The normalized spacial score (nSPS) is 16.9. The summed E-state index contributed by atoms with van der Waals surface area (Å²) in [6.45, 7) is 5.98. The number of nitrogens with one attached hydrogen (secondary N) is 1. The van der Waals surface area contributed by atoms with Crippen LogP contribution in [0.15, 0.2) is 47.9 Å². The number of ether oxygens (including phenoxy) is 1. The van der Waals surface area contributed by atoms with E-state index in [2.05, 4.69) is 32.0 Å². The third-order valence-electron chi connectivity index (χ3n) is 5.89. The molecule has 5 heterocycles. The molecule has 0 aliphatic carbocycles. The number of aromatic nitrogens is 5. The van der Waals surface area contributed by atoms with Crippen molar-refractivity contribution in [2.75, 3.05) is 30.9 Å². The summed E-state index contributed by atoms with van der Waals surface area (Å²) in [4.78, 5) is 16.1. The van der Waals surface area contributed by atoms with Gasteiger partial charge < -0.3 is 9.64 Å². The summed E-state index contributed by atoms with van der Waals surface area (Å²) in [5, 5.41) is 8.01. The molecule has 1 saturated heterocycles. The molecule has 9 nitrogen and oxygen atoms in total. The van der Waals surface area contributed by atoms with Crippen molar-refractivity contribution in [3.05, 3.63) is 48.4 Å². The van der Waals surface area contributed by atoms with Crippen LogP contribution in [0.3, 0.4) is 0 Å². The maximum Gasteiger partial charge on any atom is 0.192 e. The Morgan fingerprint density at radius 2 is 2.00 bits per heavy atom. The zero-order valence-corrected chi connectivity index (χ0v) is 19.4. The summed E-state index contributed by atoms with van der Waals surface area (Å²) in [5.74, 6) is 0.814. The zero-order valence-electron chi connectivity index (χ0n) is 18.6. The fourth-order valence-electron chi connectivity index (χ4n) is 4.18. The second kappa shape index (κ2) is 8.20. The van der Waals surface area contributed by atoms with E-state index in [1.54, 1.807) is 24.7 Å². The summed E-state index contributed by atoms with van der Waals surface area (Å²) in [5.41, 5.74) is 4.79. The molecule has 0 bridgehead atoms. The topological polar surface area (TPSA) is 114 Å². The monoisotopic (exact) mass is 464 g/mol. The maximum atomic E-state index is 12.0. The molecule has 0 unspecified atom stereocenters. The van der Waals surface area contributed by atoms with Crippen molar-refractivity contribution >= 4 is 26.6 Å². The second-order valence-corrected chi connectivity index (χ2v) is 10.2. The summed E-state index contributed by atoms with van der Waals surface area (Å²) < 4.78 is 29.6. The summed E-state index contributed by atoms with van der Waals surface area (Å²) in [6.07, 6.45) is 6.22. The van der Waals surface area contributed by atoms with Crippen LogP contribution in [-0.2, 0) is 14.6 Å². The molecule has 33 heavy (non-hydrogen) atoms. The molecule has 170 valence electrons. The number of rotatable bonds is 4. The van der Waals surface area contributed by atoms with Crippen molar-refractivity contribution in [1.82, 2.24) is 25.1 Å². The lowest BCUT2D eigenvalue weighted by molar-refractivity contribution is 0.0986. The maximum absolute atomic E-state index is 12.0. The number of sulfone groups is 1. The van der Waals surface area contributed by atoms with Crippen LogP contribution < -0.4 is 4.90 Å². The molecule has 0 spiro atoms. The van der Waals surface area contributed by atoms with E-state index in [0.29, 0.717) is 18.9 Å². The van der Waals surface area contributed by atoms with Gasteiger partial charge in [-0.2, -0.15) is 5.10 Å². The first-order valence-corrected chi connectivity index (χ1v) is 12.5. The highest BCUT2D eigenvalue weighted by Crippen LogP contribution is 2.36. The number of anilines is 1. The molecule has 1 aliphatic heterocycles. The van der Waals surface area contributed by atoms with Crippen molar-refractivity contribution in [1.29, 1.82) is 0 Å². The number of fused-ring (bicyclic) bond motifs is 1. The van der Waals surface area contributed by atoms with Crippen molar-refractivity contribution in [3.63, 3.8) is 0 Å². The summed E-state index contributed by atoms with van der Waals surface area (Å²) in [7, 11) is -3.40. The molecule has 1 N–H and O–H groups in total. The number of morpholine rings is 1. The van der Waals surface area contributed by atoms with Crippen LogP contribution >= 0.6 is 0 Å². The molecule has 4 aromatic heterocycles. The smallest absolute Gasteiger partial charge is 0.192 e. The molecule has 1 aliphatic rings. The van der Waals surface area contributed by atoms with Crippen LogP contribution in [0, 0.1) is 6.92 Å². The molecule has 0 saturated carbocycles. The minimum atomic E-state index is -3.40. The number of pyridine rings is 3. The minimum Gasteiger partial charge on any atom is -0.377 e. The number of hydrogen-bond donors (Lipinski definition) is 1. The number of nitrogens with zero attached hydrogens (tertiary/aromatic N) is 5. The highest BCUT2D eigenvalue weighted by Gasteiger charge is 2.24. The summed E-state index contributed by atoms with van der Waals surface area (Å²) in [6, 6.07) is 7.61. The largest absolute Gasteiger partial charge is 0.377 e. The zero-order chi connectivity index (χ0) is 23.2. The van der Waals surface area contributed by atoms with Gasteiger partial charge in [-0.25, -0.2) is 18.4 Å². The van der Waals surface area contributed by atoms with Gasteiger partial charge in [-0.05, 0) is 49.2 Å². The van der Waals surface area contributed by atoms with Crippen LogP contribution in [0.1, 0.15) is 12.5 Å². The van der Waals surface area contributed by atoms with Crippen molar-refractivity contribution in [2.24, 2.45) is 0 Å². The van der Waals surface area contributed by atoms with Crippen molar-refractivity contribution in [2.45, 2.75) is 24.9 Å². The van der Waals surface area contributed by atoms with E-state index < -0.39 is 9.84 Å². The first kappa shape index (κ1) is 21.5. The van der Waals surface area contributed by atoms with E-state index in [4.69, 9.17) is 9.72 Å². The van der Waals surface area contributed by atoms with Crippen LogP contribution in [0.5, 0.6) is 0 Å². The Kier molecular flexibility index (Phi) is 5.34. The molecular weight excluding hydrogens is 440 g/mol. The summed E-state index contributed by atoms with van der Waals surface area (Å²) >= 11 is 0. The van der Waals surface area contributed by atoms with Crippen LogP contribution in [0.25, 0.3) is 33.4 Å². The molecule has 10 heteroatoms. The molecule has 0 radical (unpaired) electrons. The average Bonchev–Trinajstić information content (AvgIpc) is 3.32. The second-order valence-electron chi connectivity index (χ2n) is 8.28. The SMILES string of the molecule is Cc1cc(S(C)(=O)=O)ncc1-c1cc(N2CCOC[C@H]2C)nc2c(-c3ccn[nH]3)nccc12. The van der Waals surface area contributed by atoms with Gasteiger partial charge in [0.2, 0.25) is 0 Å². The van der Waals surface area contributed by atoms with Gasteiger partial charge in [-0.15, -0.1) is 0 Å². The minimum absolute atomic E-state index is 0.0592. The Bertz CT molecular complexity index is 1440. The predicted octanol–water partition coefficient (Wildman–Crippen LogP) is 3.02. The van der Waals surface area contributed by atoms with Crippen LogP contribution in [0.2, 0.25) is 0 Å². The van der Waals surface area contributed by atoms with E-state index in [0.717, 1.165) is 51.9 Å². The Labute approximate surface area is 191 Å². The van der Waals surface area contributed by atoms with E-state index in [1.165, 1.54) is 0 Å². The Hall–Kier alpha value is -3.37. The molecule has 4 aromatic rings. The third-order valence-corrected chi connectivity index (χ3v) is 6.87. The van der Waals surface area contributed by atoms with E-state index in [9.17, 15) is 8.42 Å². The van der Waals surface area contributed by atoms with Crippen molar-refractivity contribution < 1.29 is 13.2 Å².